The third-order valence-corrected chi connectivity index (χ3v) is 16.6. The van der Waals surface area contributed by atoms with Crippen molar-refractivity contribution in [2.75, 3.05) is 0 Å². The molecule has 0 aliphatic carbocycles. The van der Waals surface area contributed by atoms with Crippen molar-refractivity contribution in [1.29, 1.82) is 0 Å². The Bertz CT molecular complexity index is 377. The van der Waals surface area contributed by atoms with E-state index in [1.807, 2.05) is 24.7 Å². The van der Waals surface area contributed by atoms with Gasteiger partial charge < -0.3 is 16.5 Å². The maximum atomic E-state index is 6.23. The Morgan fingerprint density at radius 2 is 1.33 bits per heavy atom. The smallest absolute Gasteiger partial charge is 0.351 e. The molecule has 0 aromatic heterocycles. The molecule has 2 unspecified atom stereocenters. The zero-order chi connectivity index (χ0) is 13.2. The topological polar surface area (TPSA) is 36.9 Å². The van der Waals surface area contributed by atoms with Crippen LogP contribution in [0.4, 0.5) is 0 Å². The number of hydrogen-bond acceptors (Lipinski definition) is 4. The molecule has 2 atom stereocenters. The summed E-state index contributed by atoms with van der Waals surface area (Å²) in [6, 6.07) is 10.2. The van der Waals surface area contributed by atoms with E-state index >= 15 is 0 Å². The molecule has 1 saturated heterocycles. The van der Waals surface area contributed by atoms with Crippen molar-refractivity contribution in [3.63, 3.8) is 0 Å². The molecule has 0 spiro atoms. The van der Waals surface area contributed by atoms with E-state index in [0.29, 0.717) is 0 Å². The highest BCUT2D eigenvalue weighted by atomic mass is 28.5. The molecule has 1 aliphatic heterocycles. The Hall–Kier alpha value is -0.0725. The molecule has 100 valence electrons. The van der Waals surface area contributed by atoms with Crippen LogP contribution in [0, 0.1) is 0 Å². The summed E-state index contributed by atoms with van der Waals surface area (Å²) in [4.78, 5) is 0. The predicted octanol–water partition coefficient (Wildman–Crippen LogP) is 0.596. The first-order valence-corrected chi connectivity index (χ1v) is 14.8. The Morgan fingerprint density at radius 1 is 0.833 bits per heavy atom. The van der Waals surface area contributed by atoms with Crippen molar-refractivity contribution >= 4 is 41.6 Å². The van der Waals surface area contributed by atoms with Crippen molar-refractivity contribution in [1.82, 2.24) is 0 Å². The zero-order valence-electron chi connectivity index (χ0n) is 11.3. The van der Waals surface area contributed by atoms with Crippen molar-refractivity contribution in [2.24, 2.45) is 0 Å². The number of benzene rings is 1. The van der Waals surface area contributed by atoms with Crippen LogP contribution in [-0.4, -0.2) is 36.4 Å². The maximum absolute atomic E-state index is 6.23. The number of rotatable bonds is 1. The Kier molecular flexibility index (Phi) is 4.72. The summed E-state index contributed by atoms with van der Waals surface area (Å²) >= 11 is 0. The second kappa shape index (κ2) is 5.92. The lowest BCUT2D eigenvalue weighted by Gasteiger charge is -2.37. The molecule has 0 saturated carbocycles. The maximum Gasteiger partial charge on any atom is 0.351 e. The monoisotopic (exact) mass is 316 g/mol. The van der Waals surface area contributed by atoms with E-state index in [2.05, 4.69) is 31.8 Å². The fourth-order valence-electron chi connectivity index (χ4n) is 2.17. The van der Waals surface area contributed by atoms with Gasteiger partial charge in [0.25, 0.3) is 9.28 Å². The van der Waals surface area contributed by atoms with Crippen molar-refractivity contribution < 1.29 is 16.5 Å². The van der Waals surface area contributed by atoms with Crippen LogP contribution in [0.3, 0.4) is 0 Å². The highest BCUT2D eigenvalue weighted by Gasteiger charge is 2.41. The highest BCUT2D eigenvalue weighted by Crippen LogP contribution is 2.16. The molecule has 1 aliphatic rings. The van der Waals surface area contributed by atoms with Crippen LogP contribution in [-0.2, 0) is 16.5 Å². The first kappa shape index (κ1) is 14.3. The van der Waals surface area contributed by atoms with Crippen LogP contribution in [0.25, 0.3) is 0 Å². The molecule has 4 nitrogen and oxygen atoms in total. The molecule has 1 aromatic carbocycles. The van der Waals surface area contributed by atoms with Gasteiger partial charge in [-0.2, -0.15) is 0 Å². The summed E-state index contributed by atoms with van der Waals surface area (Å²) in [6.07, 6.45) is 0. The van der Waals surface area contributed by atoms with Gasteiger partial charge in [-0.05, 0) is 31.4 Å². The first-order chi connectivity index (χ1) is 8.49. The SMILES string of the molecule is C[SiH]1O[SiH](C)O[Si](C)(c2ccccc2)O[SiH](C)O1. The van der Waals surface area contributed by atoms with Crippen LogP contribution in [0.15, 0.2) is 30.3 Å². The van der Waals surface area contributed by atoms with E-state index < -0.39 is 36.4 Å². The van der Waals surface area contributed by atoms with E-state index in [9.17, 15) is 0 Å². The molecule has 8 heteroatoms. The van der Waals surface area contributed by atoms with Gasteiger partial charge in [0.15, 0.2) is 0 Å². The molecular formula is C10H20O4Si4. The summed E-state index contributed by atoms with van der Waals surface area (Å²) in [7, 11) is -7.20. The lowest BCUT2D eigenvalue weighted by Crippen LogP contribution is -2.59. The van der Waals surface area contributed by atoms with Crippen molar-refractivity contribution in [3.05, 3.63) is 30.3 Å². The van der Waals surface area contributed by atoms with E-state index in [0.717, 1.165) is 5.19 Å². The standard InChI is InChI=1S/C10H20O4Si4/c1-15-11-16(2)13-18(4,14-17(3)12-15)10-8-6-5-7-9-10/h5-9,15-17H,1-4H3. The highest BCUT2D eigenvalue weighted by molar-refractivity contribution is 6.89. The molecule has 0 radical (unpaired) electrons. The van der Waals surface area contributed by atoms with Crippen LogP contribution < -0.4 is 5.19 Å². The summed E-state index contributed by atoms with van der Waals surface area (Å²) in [5.74, 6) is 0. The first-order valence-electron chi connectivity index (χ1n) is 6.22. The third-order valence-electron chi connectivity index (χ3n) is 2.85. The summed E-state index contributed by atoms with van der Waals surface area (Å²) in [6.45, 7) is 8.26. The van der Waals surface area contributed by atoms with Gasteiger partial charge in [0.05, 0.1) is 0 Å². The predicted molar refractivity (Wildman–Crippen MR) is 81.1 cm³/mol. The fraction of sp³-hybridized carbons (Fsp3) is 0.400. The molecule has 1 aromatic rings. The lowest BCUT2D eigenvalue weighted by molar-refractivity contribution is 0.284. The summed E-state index contributed by atoms with van der Waals surface area (Å²) < 4.78 is 24.3. The van der Waals surface area contributed by atoms with Gasteiger partial charge in [0.2, 0.25) is 0 Å². The van der Waals surface area contributed by atoms with Gasteiger partial charge in [-0.25, -0.2) is 0 Å². The molecule has 18 heavy (non-hydrogen) atoms. The van der Waals surface area contributed by atoms with E-state index in [1.54, 1.807) is 0 Å². The zero-order valence-corrected chi connectivity index (χ0v) is 15.7. The lowest BCUT2D eigenvalue weighted by atomic mass is 10.4. The minimum Gasteiger partial charge on any atom is -0.420 e. The molecule has 1 fully saturated rings. The Morgan fingerprint density at radius 3 is 1.83 bits per heavy atom. The quantitative estimate of drug-likeness (QED) is 0.711. The summed E-state index contributed by atoms with van der Waals surface area (Å²) in [5.41, 5.74) is 0. The van der Waals surface area contributed by atoms with Crippen LogP contribution in [0.5, 0.6) is 0 Å². The van der Waals surface area contributed by atoms with E-state index in [1.165, 1.54) is 0 Å². The van der Waals surface area contributed by atoms with Gasteiger partial charge in [-0.3, -0.25) is 0 Å². The largest absolute Gasteiger partial charge is 0.420 e. The minimum atomic E-state index is -2.36. The van der Waals surface area contributed by atoms with Crippen LogP contribution in [0.1, 0.15) is 0 Å². The van der Waals surface area contributed by atoms with Gasteiger partial charge in [0.1, 0.15) is 0 Å². The minimum absolute atomic E-state index is 1.16. The Balaban J connectivity index is 2.24. The Labute approximate surface area is 115 Å². The molecule has 0 bridgehead atoms. The van der Waals surface area contributed by atoms with Crippen LogP contribution >= 0.6 is 0 Å². The fourth-order valence-corrected chi connectivity index (χ4v) is 16.4. The average molecular weight is 317 g/mol. The van der Waals surface area contributed by atoms with Gasteiger partial charge in [-0.15, -0.1) is 0 Å². The van der Waals surface area contributed by atoms with Gasteiger partial charge in [-0.1, -0.05) is 30.3 Å². The van der Waals surface area contributed by atoms with Crippen molar-refractivity contribution in [2.45, 2.75) is 26.2 Å². The van der Waals surface area contributed by atoms with Crippen LogP contribution in [0.2, 0.25) is 26.2 Å². The second-order valence-corrected chi connectivity index (χ2v) is 14.5. The van der Waals surface area contributed by atoms with Gasteiger partial charge >= 0.3 is 27.1 Å². The van der Waals surface area contributed by atoms with E-state index in [4.69, 9.17) is 16.5 Å². The summed E-state index contributed by atoms with van der Waals surface area (Å²) in [5, 5.41) is 1.16. The number of hydrogen-bond donors (Lipinski definition) is 0. The average Bonchev–Trinajstić information content (AvgIpc) is 2.27. The van der Waals surface area contributed by atoms with Gasteiger partial charge in [0, 0.05) is 0 Å². The molecule has 1 heterocycles. The second-order valence-electron chi connectivity index (χ2n) is 4.52. The molecule has 2 rings (SSSR count). The molecular weight excluding hydrogens is 296 g/mol. The third kappa shape index (κ3) is 3.48. The molecule has 0 amide bonds. The normalized spacial score (nSPS) is 37.9. The van der Waals surface area contributed by atoms with E-state index in [-0.39, 0.29) is 0 Å². The van der Waals surface area contributed by atoms with Crippen molar-refractivity contribution in [3.8, 4) is 0 Å². The molecule has 0 N–H and O–H groups in total.